The van der Waals surface area contributed by atoms with Crippen LogP contribution in [-0.4, -0.2) is 50.3 Å². The minimum absolute atomic E-state index is 0.270. The summed E-state index contributed by atoms with van der Waals surface area (Å²) in [5, 5.41) is 5.73. The minimum Gasteiger partial charge on any atom is -0.496 e. The highest BCUT2D eigenvalue weighted by Gasteiger charge is 2.35. The number of para-hydroxylation sites is 1. The van der Waals surface area contributed by atoms with Crippen LogP contribution in [0.4, 0.5) is 4.79 Å². The SMILES string of the molecule is CCOC(=O)C1=C(CN2CCCCCC2)NC(=O)NC1c1ccccc1OC. The van der Waals surface area contributed by atoms with E-state index in [0.29, 0.717) is 23.6 Å². The number of carbonyl (C=O) groups excluding carboxylic acids is 2. The molecule has 0 spiro atoms. The highest BCUT2D eigenvalue weighted by molar-refractivity contribution is 5.95. The molecule has 1 aromatic carbocycles. The van der Waals surface area contributed by atoms with E-state index >= 15 is 0 Å². The van der Waals surface area contributed by atoms with Gasteiger partial charge in [-0.05, 0) is 38.9 Å². The van der Waals surface area contributed by atoms with Crippen LogP contribution < -0.4 is 15.4 Å². The Hall–Kier alpha value is -2.54. The molecule has 7 heteroatoms. The minimum atomic E-state index is -0.620. The Morgan fingerprint density at radius 2 is 1.89 bits per heavy atom. The average molecular weight is 387 g/mol. The molecule has 2 amide bonds. The van der Waals surface area contributed by atoms with Crippen LogP contribution >= 0.6 is 0 Å². The molecule has 3 rings (SSSR count). The third-order valence-corrected chi connectivity index (χ3v) is 5.18. The lowest BCUT2D eigenvalue weighted by Crippen LogP contribution is -2.48. The number of rotatable bonds is 6. The number of carbonyl (C=O) groups is 2. The number of benzene rings is 1. The molecule has 1 unspecified atom stereocenters. The number of amides is 2. The van der Waals surface area contributed by atoms with E-state index in [1.165, 1.54) is 12.8 Å². The maximum atomic E-state index is 12.9. The molecular weight excluding hydrogens is 358 g/mol. The van der Waals surface area contributed by atoms with E-state index < -0.39 is 12.0 Å². The van der Waals surface area contributed by atoms with Crippen molar-refractivity contribution in [1.82, 2.24) is 15.5 Å². The first-order valence-electron chi connectivity index (χ1n) is 9.97. The number of hydrogen-bond acceptors (Lipinski definition) is 5. The normalized spacial score (nSPS) is 20.8. The summed E-state index contributed by atoms with van der Waals surface area (Å²) in [6.07, 6.45) is 4.70. The molecule has 152 valence electrons. The van der Waals surface area contributed by atoms with Gasteiger partial charge in [0.2, 0.25) is 0 Å². The summed E-state index contributed by atoms with van der Waals surface area (Å²) < 4.78 is 10.8. The van der Waals surface area contributed by atoms with Crippen LogP contribution in [0, 0.1) is 0 Å². The third kappa shape index (κ3) is 4.65. The summed E-state index contributed by atoms with van der Waals surface area (Å²) in [7, 11) is 1.58. The number of methoxy groups -OCH3 is 1. The highest BCUT2D eigenvalue weighted by atomic mass is 16.5. The molecule has 28 heavy (non-hydrogen) atoms. The summed E-state index contributed by atoms with van der Waals surface area (Å²) in [6, 6.07) is 6.46. The Balaban J connectivity index is 2.01. The largest absolute Gasteiger partial charge is 0.496 e. The fourth-order valence-electron chi connectivity index (χ4n) is 3.85. The molecule has 2 aliphatic heterocycles. The van der Waals surface area contributed by atoms with E-state index in [1.54, 1.807) is 14.0 Å². The van der Waals surface area contributed by atoms with Gasteiger partial charge in [-0.3, -0.25) is 4.90 Å². The molecule has 2 N–H and O–H groups in total. The van der Waals surface area contributed by atoms with Crippen LogP contribution in [0.2, 0.25) is 0 Å². The van der Waals surface area contributed by atoms with Gasteiger partial charge in [0, 0.05) is 17.8 Å². The smallest absolute Gasteiger partial charge is 0.338 e. The van der Waals surface area contributed by atoms with Crippen molar-refractivity contribution in [1.29, 1.82) is 0 Å². The van der Waals surface area contributed by atoms with E-state index in [0.717, 1.165) is 31.5 Å². The highest BCUT2D eigenvalue weighted by Crippen LogP contribution is 2.33. The van der Waals surface area contributed by atoms with Crippen LogP contribution in [0.25, 0.3) is 0 Å². The molecule has 2 aliphatic rings. The first kappa shape index (κ1) is 20.2. The van der Waals surface area contributed by atoms with Gasteiger partial charge in [0.25, 0.3) is 0 Å². The van der Waals surface area contributed by atoms with Crippen molar-refractivity contribution >= 4 is 12.0 Å². The molecule has 2 heterocycles. The Labute approximate surface area is 166 Å². The fraction of sp³-hybridized carbons (Fsp3) is 0.524. The van der Waals surface area contributed by atoms with Crippen molar-refractivity contribution in [2.24, 2.45) is 0 Å². The second kappa shape index (κ2) is 9.59. The number of esters is 1. The summed E-state index contributed by atoms with van der Waals surface area (Å²) in [4.78, 5) is 27.6. The predicted molar refractivity (Wildman–Crippen MR) is 106 cm³/mol. The molecule has 1 atom stereocenters. The lowest BCUT2D eigenvalue weighted by molar-refractivity contribution is -0.139. The van der Waals surface area contributed by atoms with Crippen LogP contribution in [-0.2, 0) is 9.53 Å². The monoisotopic (exact) mass is 387 g/mol. The second-order valence-electron chi connectivity index (χ2n) is 7.08. The Bertz CT molecular complexity index is 739. The quantitative estimate of drug-likeness (QED) is 0.734. The van der Waals surface area contributed by atoms with Crippen molar-refractivity contribution in [2.45, 2.75) is 38.6 Å². The number of ether oxygens (including phenoxy) is 2. The van der Waals surface area contributed by atoms with Crippen molar-refractivity contribution < 1.29 is 19.1 Å². The molecular formula is C21H29N3O4. The van der Waals surface area contributed by atoms with Gasteiger partial charge in [0.1, 0.15) is 5.75 Å². The second-order valence-corrected chi connectivity index (χ2v) is 7.08. The molecule has 0 aliphatic carbocycles. The van der Waals surface area contributed by atoms with Gasteiger partial charge >= 0.3 is 12.0 Å². The number of hydrogen-bond donors (Lipinski definition) is 2. The van der Waals surface area contributed by atoms with Gasteiger partial charge in [0.15, 0.2) is 0 Å². The molecule has 0 aromatic heterocycles. The van der Waals surface area contributed by atoms with Crippen LogP contribution in [0.3, 0.4) is 0 Å². The third-order valence-electron chi connectivity index (χ3n) is 5.18. The van der Waals surface area contributed by atoms with Crippen molar-refractivity contribution in [3.63, 3.8) is 0 Å². The van der Waals surface area contributed by atoms with E-state index in [2.05, 4.69) is 15.5 Å². The number of urea groups is 1. The fourth-order valence-corrected chi connectivity index (χ4v) is 3.85. The molecule has 1 saturated heterocycles. The van der Waals surface area contributed by atoms with Gasteiger partial charge in [-0.25, -0.2) is 9.59 Å². The van der Waals surface area contributed by atoms with E-state index in [1.807, 2.05) is 24.3 Å². The Kier molecular flexibility index (Phi) is 6.92. The van der Waals surface area contributed by atoms with E-state index in [4.69, 9.17) is 9.47 Å². The Morgan fingerprint density at radius 3 is 2.57 bits per heavy atom. The van der Waals surface area contributed by atoms with Crippen molar-refractivity contribution in [3.05, 3.63) is 41.1 Å². The number of nitrogens with zero attached hydrogens (tertiary/aromatic N) is 1. The van der Waals surface area contributed by atoms with Crippen molar-refractivity contribution in [2.75, 3.05) is 33.4 Å². The molecule has 7 nitrogen and oxygen atoms in total. The molecule has 0 radical (unpaired) electrons. The lowest BCUT2D eigenvalue weighted by Gasteiger charge is -2.32. The summed E-state index contributed by atoms with van der Waals surface area (Å²) in [6.45, 7) is 4.49. The van der Waals surface area contributed by atoms with Gasteiger partial charge in [-0.1, -0.05) is 31.0 Å². The van der Waals surface area contributed by atoms with Gasteiger partial charge in [-0.15, -0.1) is 0 Å². The summed E-state index contributed by atoms with van der Waals surface area (Å²) in [5.74, 6) is 0.196. The average Bonchev–Trinajstić information content (AvgIpc) is 2.96. The number of nitrogens with one attached hydrogen (secondary N) is 2. The van der Waals surface area contributed by atoms with Gasteiger partial charge < -0.3 is 20.1 Å². The maximum absolute atomic E-state index is 12.9. The maximum Gasteiger partial charge on any atom is 0.338 e. The number of likely N-dealkylation sites (tertiary alicyclic amines) is 1. The molecule has 1 fully saturated rings. The van der Waals surface area contributed by atoms with E-state index in [-0.39, 0.29) is 12.6 Å². The molecule has 0 saturated carbocycles. The first-order chi connectivity index (χ1) is 13.6. The lowest BCUT2D eigenvalue weighted by atomic mass is 9.94. The molecule has 1 aromatic rings. The standard InChI is InChI=1S/C21H29N3O4/c1-3-28-20(25)18-16(14-24-12-8-4-5-9-13-24)22-21(26)23-19(18)15-10-6-7-11-17(15)27-2/h6-7,10-11,19H,3-5,8-9,12-14H2,1-2H3,(H2,22,23,26). The summed E-state index contributed by atoms with van der Waals surface area (Å²) >= 11 is 0. The summed E-state index contributed by atoms with van der Waals surface area (Å²) in [5.41, 5.74) is 1.78. The first-order valence-corrected chi connectivity index (χ1v) is 9.97. The predicted octanol–water partition coefficient (Wildman–Crippen LogP) is 2.74. The van der Waals surface area contributed by atoms with E-state index in [9.17, 15) is 9.59 Å². The molecule has 0 bridgehead atoms. The zero-order valence-corrected chi connectivity index (χ0v) is 16.6. The van der Waals surface area contributed by atoms with Gasteiger partial charge in [-0.2, -0.15) is 0 Å². The van der Waals surface area contributed by atoms with Crippen LogP contribution in [0.5, 0.6) is 5.75 Å². The zero-order chi connectivity index (χ0) is 19.9. The van der Waals surface area contributed by atoms with Gasteiger partial charge in [0.05, 0.1) is 25.3 Å². The topological polar surface area (TPSA) is 79.9 Å². The van der Waals surface area contributed by atoms with Crippen LogP contribution in [0.15, 0.2) is 35.5 Å². The Morgan fingerprint density at radius 1 is 1.18 bits per heavy atom. The van der Waals surface area contributed by atoms with Crippen molar-refractivity contribution in [3.8, 4) is 5.75 Å². The van der Waals surface area contributed by atoms with Crippen LogP contribution in [0.1, 0.15) is 44.2 Å². The zero-order valence-electron chi connectivity index (χ0n) is 16.6.